The summed E-state index contributed by atoms with van der Waals surface area (Å²) in [6, 6.07) is 10.5. The van der Waals surface area contributed by atoms with Crippen LogP contribution < -0.4 is 0 Å². The van der Waals surface area contributed by atoms with Gasteiger partial charge in [0.05, 0.1) is 10.0 Å². The van der Waals surface area contributed by atoms with E-state index in [2.05, 4.69) is 0 Å². The average molecular weight is 307 g/mol. The highest BCUT2D eigenvalue weighted by molar-refractivity contribution is 6.42. The fourth-order valence-electron chi connectivity index (χ4n) is 2.78. The molecule has 0 amide bonds. The fraction of sp³-hybridized carbons (Fsp3) is 0.188. The van der Waals surface area contributed by atoms with Crippen LogP contribution in [0.3, 0.4) is 0 Å². The summed E-state index contributed by atoms with van der Waals surface area (Å²) < 4.78 is 0. The molecule has 0 fully saturated rings. The number of phenolic OH excluding ortho intramolecular Hbond substituents is 1. The summed E-state index contributed by atoms with van der Waals surface area (Å²) in [6.07, 6.45) is 1.14. The van der Waals surface area contributed by atoms with Crippen LogP contribution in [0.2, 0.25) is 10.0 Å². The Morgan fingerprint density at radius 1 is 1.10 bits per heavy atom. The Balaban J connectivity index is 2.15. The second kappa shape index (κ2) is 5.12. The van der Waals surface area contributed by atoms with Crippen molar-refractivity contribution in [2.24, 2.45) is 0 Å². The molecule has 0 bridgehead atoms. The lowest BCUT2D eigenvalue weighted by Gasteiger charge is -2.26. The van der Waals surface area contributed by atoms with Gasteiger partial charge in [0, 0.05) is 23.5 Å². The summed E-state index contributed by atoms with van der Waals surface area (Å²) in [7, 11) is 0. The molecule has 1 unspecified atom stereocenters. The molecule has 2 aromatic rings. The lowest BCUT2D eigenvalue weighted by Crippen LogP contribution is -2.16. The Labute approximate surface area is 127 Å². The minimum atomic E-state index is -0.0290. The van der Waals surface area contributed by atoms with Crippen LogP contribution in [0, 0.1) is 0 Å². The van der Waals surface area contributed by atoms with Crippen molar-refractivity contribution < 1.29 is 9.90 Å². The predicted octanol–water partition coefficient (Wildman–Crippen LogP) is 4.81. The average Bonchev–Trinajstić information content (AvgIpc) is 2.43. The molecule has 2 nitrogen and oxygen atoms in total. The maximum Gasteiger partial charge on any atom is 0.163 e. The van der Waals surface area contributed by atoms with E-state index in [1.54, 1.807) is 30.3 Å². The third kappa shape index (κ3) is 2.19. The van der Waals surface area contributed by atoms with Crippen LogP contribution in [-0.4, -0.2) is 10.9 Å². The molecule has 0 spiro atoms. The highest BCUT2D eigenvalue weighted by Gasteiger charge is 2.29. The highest BCUT2D eigenvalue weighted by atomic mass is 35.5. The number of carbonyl (C=O) groups excluding carboxylic acids is 1. The third-order valence-electron chi connectivity index (χ3n) is 3.74. The number of benzene rings is 2. The number of phenols is 1. The van der Waals surface area contributed by atoms with E-state index >= 15 is 0 Å². The Kier molecular flexibility index (Phi) is 3.45. The summed E-state index contributed by atoms with van der Waals surface area (Å²) in [4.78, 5) is 12.0. The van der Waals surface area contributed by atoms with Gasteiger partial charge in [-0.2, -0.15) is 0 Å². The van der Waals surface area contributed by atoms with Gasteiger partial charge in [-0.05, 0) is 30.2 Å². The first kappa shape index (κ1) is 13.5. The van der Waals surface area contributed by atoms with E-state index < -0.39 is 0 Å². The van der Waals surface area contributed by atoms with Gasteiger partial charge in [-0.3, -0.25) is 4.79 Å². The maximum absolute atomic E-state index is 12.0. The van der Waals surface area contributed by atoms with E-state index in [4.69, 9.17) is 23.2 Å². The molecule has 4 heteroatoms. The van der Waals surface area contributed by atoms with Crippen molar-refractivity contribution >= 4 is 29.0 Å². The summed E-state index contributed by atoms with van der Waals surface area (Å²) in [5.41, 5.74) is 2.27. The molecule has 0 heterocycles. The van der Waals surface area contributed by atoms with Gasteiger partial charge in [-0.25, -0.2) is 0 Å². The molecule has 102 valence electrons. The Morgan fingerprint density at radius 3 is 2.65 bits per heavy atom. The van der Waals surface area contributed by atoms with Gasteiger partial charge in [0.1, 0.15) is 5.75 Å². The van der Waals surface area contributed by atoms with Crippen molar-refractivity contribution in [1.29, 1.82) is 0 Å². The first-order valence-electron chi connectivity index (χ1n) is 6.38. The van der Waals surface area contributed by atoms with Gasteiger partial charge >= 0.3 is 0 Å². The number of hydrogen-bond acceptors (Lipinski definition) is 2. The molecular weight excluding hydrogens is 295 g/mol. The molecule has 1 aliphatic carbocycles. The van der Waals surface area contributed by atoms with E-state index in [1.165, 1.54) is 0 Å². The molecule has 0 saturated heterocycles. The number of ketones is 1. The molecule has 0 saturated carbocycles. The van der Waals surface area contributed by atoms with Crippen molar-refractivity contribution in [3.8, 4) is 5.75 Å². The molecule has 3 rings (SSSR count). The van der Waals surface area contributed by atoms with E-state index in [0.717, 1.165) is 5.56 Å². The molecule has 0 radical (unpaired) electrons. The van der Waals surface area contributed by atoms with Crippen molar-refractivity contribution in [3.63, 3.8) is 0 Å². The fourth-order valence-corrected chi connectivity index (χ4v) is 3.09. The minimum absolute atomic E-state index is 0.0290. The standard InChI is InChI=1S/C16H12Cl2O2/c17-12-6-4-9(8-13(12)18)10-5-7-14(19)11-2-1-3-15(20)16(10)11/h1-4,6,8,10,20H,5,7H2. The number of carbonyl (C=O) groups is 1. The Hall–Kier alpha value is -1.51. The van der Waals surface area contributed by atoms with Crippen molar-refractivity contribution in [3.05, 3.63) is 63.1 Å². The number of aromatic hydroxyl groups is 1. The monoisotopic (exact) mass is 306 g/mol. The van der Waals surface area contributed by atoms with Crippen molar-refractivity contribution in [2.75, 3.05) is 0 Å². The number of Topliss-reactive ketones (excluding diaryl/α,β-unsaturated/α-hetero) is 1. The van der Waals surface area contributed by atoms with Gasteiger partial charge in [0.25, 0.3) is 0 Å². The topological polar surface area (TPSA) is 37.3 Å². The zero-order valence-corrected chi connectivity index (χ0v) is 12.1. The van der Waals surface area contributed by atoms with Crippen LogP contribution in [0.4, 0.5) is 0 Å². The smallest absolute Gasteiger partial charge is 0.163 e. The molecule has 20 heavy (non-hydrogen) atoms. The van der Waals surface area contributed by atoms with Crippen LogP contribution in [0.15, 0.2) is 36.4 Å². The summed E-state index contributed by atoms with van der Waals surface area (Å²) in [5.74, 6) is 0.206. The van der Waals surface area contributed by atoms with Crippen molar-refractivity contribution in [2.45, 2.75) is 18.8 Å². The van der Waals surface area contributed by atoms with Gasteiger partial charge in [0.2, 0.25) is 0 Å². The lowest BCUT2D eigenvalue weighted by atomic mass is 9.78. The van der Waals surface area contributed by atoms with Crippen LogP contribution in [-0.2, 0) is 0 Å². The summed E-state index contributed by atoms with van der Waals surface area (Å²) in [5, 5.41) is 11.1. The molecule has 0 aliphatic heterocycles. The molecular formula is C16H12Cl2O2. The van der Waals surface area contributed by atoms with Crippen LogP contribution in [0.5, 0.6) is 5.75 Å². The number of hydrogen-bond donors (Lipinski definition) is 1. The summed E-state index contributed by atoms with van der Waals surface area (Å²) in [6.45, 7) is 0. The van der Waals surface area contributed by atoms with Gasteiger partial charge in [0.15, 0.2) is 5.78 Å². The van der Waals surface area contributed by atoms with Gasteiger partial charge in [-0.15, -0.1) is 0 Å². The largest absolute Gasteiger partial charge is 0.508 e. The van der Waals surface area contributed by atoms with E-state index in [1.807, 2.05) is 6.07 Å². The molecule has 0 aromatic heterocycles. The summed E-state index contributed by atoms with van der Waals surface area (Å²) >= 11 is 12.0. The Bertz CT molecular complexity index is 695. The van der Waals surface area contributed by atoms with Crippen molar-refractivity contribution in [1.82, 2.24) is 0 Å². The van der Waals surface area contributed by atoms with Gasteiger partial charge in [-0.1, -0.05) is 41.4 Å². The molecule has 1 aliphatic rings. The van der Waals surface area contributed by atoms with E-state index in [9.17, 15) is 9.90 Å². The molecule has 1 atom stereocenters. The number of fused-ring (bicyclic) bond motifs is 1. The number of halogens is 2. The van der Waals surface area contributed by atoms with E-state index in [-0.39, 0.29) is 17.5 Å². The minimum Gasteiger partial charge on any atom is -0.508 e. The van der Waals surface area contributed by atoms with Gasteiger partial charge < -0.3 is 5.11 Å². The predicted molar refractivity (Wildman–Crippen MR) is 80.0 cm³/mol. The first-order valence-corrected chi connectivity index (χ1v) is 7.13. The Morgan fingerprint density at radius 2 is 1.90 bits per heavy atom. The quantitative estimate of drug-likeness (QED) is 0.821. The van der Waals surface area contributed by atoms with Crippen LogP contribution >= 0.6 is 23.2 Å². The maximum atomic E-state index is 12.0. The molecule has 2 aromatic carbocycles. The number of rotatable bonds is 1. The van der Waals surface area contributed by atoms with Crippen LogP contribution in [0.1, 0.15) is 40.2 Å². The normalized spacial score (nSPS) is 17.9. The first-order chi connectivity index (χ1) is 9.58. The SMILES string of the molecule is O=C1CCC(c2ccc(Cl)c(Cl)c2)c2c(O)cccc21. The lowest BCUT2D eigenvalue weighted by molar-refractivity contribution is 0.0968. The zero-order valence-electron chi connectivity index (χ0n) is 10.6. The second-order valence-corrected chi connectivity index (χ2v) is 5.74. The highest BCUT2D eigenvalue weighted by Crippen LogP contribution is 2.42. The third-order valence-corrected chi connectivity index (χ3v) is 4.48. The zero-order chi connectivity index (χ0) is 14.3. The van der Waals surface area contributed by atoms with Crippen LogP contribution in [0.25, 0.3) is 0 Å². The second-order valence-electron chi connectivity index (χ2n) is 4.93. The van der Waals surface area contributed by atoms with E-state index in [0.29, 0.717) is 34.0 Å². The molecule has 1 N–H and O–H groups in total.